The first-order valence-electron chi connectivity index (χ1n) is 6.62. The van der Waals surface area contributed by atoms with Crippen molar-refractivity contribution < 1.29 is 13.2 Å². The fourth-order valence-corrected chi connectivity index (χ4v) is 4.70. The van der Waals surface area contributed by atoms with E-state index in [0.717, 1.165) is 17.7 Å². The summed E-state index contributed by atoms with van der Waals surface area (Å²) < 4.78 is 32.2. The molecule has 21 heavy (non-hydrogen) atoms. The van der Waals surface area contributed by atoms with Crippen molar-refractivity contribution in [1.29, 1.82) is 0 Å². The van der Waals surface area contributed by atoms with E-state index in [0.29, 0.717) is 11.6 Å². The summed E-state index contributed by atoms with van der Waals surface area (Å²) in [5, 5.41) is 0. The standard InChI is InChI=1S/C14H22ClNO3S2/c1-5-12(10-20-4)16(2)21(17,18)14-7-6-11(9-15)8-13(14)19-3/h6-8,12H,5,9-10H2,1-4H3. The Kier molecular flexibility index (Phi) is 7.33. The van der Waals surface area contributed by atoms with Gasteiger partial charge in [-0.2, -0.15) is 16.1 Å². The molecule has 120 valence electrons. The third kappa shape index (κ3) is 4.28. The van der Waals surface area contributed by atoms with E-state index in [-0.39, 0.29) is 10.9 Å². The van der Waals surface area contributed by atoms with E-state index in [4.69, 9.17) is 16.3 Å². The Labute approximate surface area is 136 Å². The van der Waals surface area contributed by atoms with Crippen LogP contribution in [0.3, 0.4) is 0 Å². The molecule has 4 nitrogen and oxygen atoms in total. The van der Waals surface area contributed by atoms with Crippen molar-refractivity contribution in [3.63, 3.8) is 0 Å². The number of rotatable bonds is 8. The van der Waals surface area contributed by atoms with Crippen molar-refractivity contribution in [2.75, 3.05) is 26.2 Å². The van der Waals surface area contributed by atoms with Gasteiger partial charge in [0.1, 0.15) is 10.6 Å². The van der Waals surface area contributed by atoms with Gasteiger partial charge in [0.25, 0.3) is 0 Å². The SMILES string of the molecule is CCC(CSC)N(C)S(=O)(=O)c1ccc(CCl)cc1OC. The molecular formula is C14H22ClNO3S2. The molecule has 0 saturated carbocycles. The third-order valence-corrected chi connectivity index (χ3v) is 6.36. The second-order valence-electron chi connectivity index (χ2n) is 4.66. The molecule has 0 fully saturated rings. The van der Waals surface area contributed by atoms with Crippen LogP contribution in [0.25, 0.3) is 0 Å². The average Bonchev–Trinajstić information content (AvgIpc) is 2.50. The van der Waals surface area contributed by atoms with Crippen LogP contribution < -0.4 is 4.74 Å². The van der Waals surface area contributed by atoms with Gasteiger partial charge in [0.05, 0.1) is 7.11 Å². The van der Waals surface area contributed by atoms with Gasteiger partial charge < -0.3 is 4.74 Å². The maximum absolute atomic E-state index is 12.8. The summed E-state index contributed by atoms with van der Waals surface area (Å²) in [6.07, 6.45) is 2.73. The number of hydrogen-bond acceptors (Lipinski definition) is 4. The van der Waals surface area contributed by atoms with Crippen molar-refractivity contribution in [3.8, 4) is 5.75 Å². The molecule has 0 amide bonds. The van der Waals surface area contributed by atoms with Gasteiger partial charge in [0.15, 0.2) is 0 Å². The normalized spacial score (nSPS) is 13.4. The van der Waals surface area contributed by atoms with Gasteiger partial charge in [0, 0.05) is 24.7 Å². The first kappa shape index (κ1) is 18.6. The molecule has 1 aromatic carbocycles. The van der Waals surface area contributed by atoms with Gasteiger partial charge >= 0.3 is 0 Å². The first-order chi connectivity index (χ1) is 9.92. The van der Waals surface area contributed by atoms with Crippen LogP contribution in [0, 0.1) is 0 Å². The molecule has 7 heteroatoms. The fraction of sp³-hybridized carbons (Fsp3) is 0.571. The Morgan fingerprint density at radius 1 is 1.43 bits per heavy atom. The van der Waals surface area contributed by atoms with E-state index < -0.39 is 10.0 Å². The number of benzene rings is 1. The summed E-state index contributed by atoms with van der Waals surface area (Å²) in [4.78, 5) is 0.181. The Balaban J connectivity index is 3.23. The van der Waals surface area contributed by atoms with Crippen LogP contribution in [0.5, 0.6) is 5.75 Å². The zero-order valence-corrected chi connectivity index (χ0v) is 15.2. The Bertz CT molecular complexity index is 563. The van der Waals surface area contributed by atoms with E-state index in [1.165, 1.54) is 11.4 Å². The van der Waals surface area contributed by atoms with E-state index in [2.05, 4.69) is 0 Å². The minimum atomic E-state index is -3.59. The number of ether oxygens (including phenoxy) is 1. The quantitative estimate of drug-likeness (QED) is 0.675. The predicted octanol–water partition coefficient (Wildman–Crippen LogP) is 3.20. The van der Waals surface area contributed by atoms with Gasteiger partial charge in [-0.25, -0.2) is 8.42 Å². The molecule has 1 aromatic rings. The summed E-state index contributed by atoms with van der Waals surface area (Å²) in [5.74, 6) is 1.41. The summed E-state index contributed by atoms with van der Waals surface area (Å²) in [5.41, 5.74) is 0.825. The summed E-state index contributed by atoms with van der Waals surface area (Å²) in [6.45, 7) is 1.99. The van der Waals surface area contributed by atoms with Gasteiger partial charge in [0.2, 0.25) is 10.0 Å². The molecule has 0 radical (unpaired) electrons. The number of halogens is 1. The van der Waals surface area contributed by atoms with Crippen LogP contribution in [0.15, 0.2) is 23.1 Å². The van der Waals surface area contributed by atoms with Crippen LogP contribution in [-0.4, -0.2) is 44.9 Å². The molecule has 1 unspecified atom stereocenters. The molecule has 0 bridgehead atoms. The molecule has 0 spiro atoms. The maximum atomic E-state index is 12.8. The van der Waals surface area contributed by atoms with Gasteiger partial charge in [-0.3, -0.25) is 0 Å². The molecular weight excluding hydrogens is 330 g/mol. The molecule has 0 N–H and O–H groups in total. The Morgan fingerprint density at radius 2 is 2.10 bits per heavy atom. The van der Waals surface area contributed by atoms with Crippen molar-refractivity contribution in [2.45, 2.75) is 30.2 Å². The lowest BCUT2D eigenvalue weighted by Crippen LogP contribution is -2.38. The molecule has 0 aliphatic rings. The Hall–Kier alpha value is -0.430. The highest BCUT2D eigenvalue weighted by molar-refractivity contribution is 7.98. The predicted molar refractivity (Wildman–Crippen MR) is 90.0 cm³/mol. The minimum Gasteiger partial charge on any atom is -0.495 e. The monoisotopic (exact) mass is 351 g/mol. The average molecular weight is 352 g/mol. The van der Waals surface area contributed by atoms with Crippen molar-refractivity contribution in [3.05, 3.63) is 23.8 Å². The molecule has 0 aromatic heterocycles. The molecule has 0 aliphatic carbocycles. The third-order valence-electron chi connectivity index (χ3n) is 3.38. The van der Waals surface area contributed by atoms with Crippen LogP contribution in [0.2, 0.25) is 0 Å². The number of hydrogen-bond donors (Lipinski definition) is 0. The molecule has 0 heterocycles. The number of methoxy groups -OCH3 is 1. The van der Waals surface area contributed by atoms with Crippen molar-refractivity contribution in [1.82, 2.24) is 4.31 Å². The Morgan fingerprint density at radius 3 is 2.57 bits per heavy atom. The molecule has 0 aliphatic heterocycles. The molecule has 1 atom stereocenters. The highest BCUT2D eigenvalue weighted by Crippen LogP contribution is 2.29. The van der Waals surface area contributed by atoms with Crippen molar-refractivity contribution >= 4 is 33.4 Å². The smallest absolute Gasteiger partial charge is 0.246 e. The van der Waals surface area contributed by atoms with Gasteiger partial charge in [-0.1, -0.05) is 13.0 Å². The number of nitrogens with zero attached hydrogens (tertiary/aromatic N) is 1. The van der Waals surface area contributed by atoms with Gasteiger partial charge in [-0.05, 0) is 30.4 Å². The van der Waals surface area contributed by atoms with E-state index in [1.54, 1.807) is 37.0 Å². The van der Waals surface area contributed by atoms with Crippen LogP contribution >= 0.6 is 23.4 Å². The minimum absolute atomic E-state index is 0.0394. The molecule has 0 saturated heterocycles. The summed E-state index contributed by atoms with van der Waals surface area (Å²) in [6, 6.07) is 4.91. The topological polar surface area (TPSA) is 46.6 Å². The van der Waals surface area contributed by atoms with Crippen LogP contribution in [0.4, 0.5) is 0 Å². The van der Waals surface area contributed by atoms with E-state index in [9.17, 15) is 8.42 Å². The lowest BCUT2D eigenvalue weighted by Gasteiger charge is -2.26. The lowest BCUT2D eigenvalue weighted by atomic mass is 10.2. The first-order valence-corrected chi connectivity index (χ1v) is 9.99. The van der Waals surface area contributed by atoms with Crippen LogP contribution in [-0.2, 0) is 15.9 Å². The fourth-order valence-electron chi connectivity index (χ4n) is 2.03. The van der Waals surface area contributed by atoms with Crippen molar-refractivity contribution in [2.24, 2.45) is 0 Å². The van der Waals surface area contributed by atoms with E-state index >= 15 is 0 Å². The second-order valence-corrected chi connectivity index (χ2v) is 7.80. The largest absolute Gasteiger partial charge is 0.495 e. The van der Waals surface area contributed by atoms with Crippen LogP contribution in [0.1, 0.15) is 18.9 Å². The zero-order chi connectivity index (χ0) is 16.0. The second kappa shape index (κ2) is 8.27. The highest BCUT2D eigenvalue weighted by atomic mass is 35.5. The lowest BCUT2D eigenvalue weighted by molar-refractivity contribution is 0.374. The molecule has 1 rings (SSSR count). The number of sulfonamides is 1. The zero-order valence-electron chi connectivity index (χ0n) is 12.8. The number of alkyl halides is 1. The number of thioether (sulfide) groups is 1. The summed E-state index contributed by atoms with van der Waals surface area (Å²) in [7, 11) is -0.505. The summed E-state index contributed by atoms with van der Waals surface area (Å²) >= 11 is 7.42. The van der Waals surface area contributed by atoms with E-state index in [1.807, 2.05) is 13.2 Å². The van der Waals surface area contributed by atoms with Gasteiger partial charge in [-0.15, -0.1) is 11.6 Å². The maximum Gasteiger partial charge on any atom is 0.246 e. The highest BCUT2D eigenvalue weighted by Gasteiger charge is 2.29.